The van der Waals surface area contributed by atoms with E-state index in [9.17, 15) is 9.18 Å². The van der Waals surface area contributed by atoms with Crippen molar-refractivity contribution in [1.29, 1.82) is 0 Å². The first-order valence-corrected chi connectivity index (χ1v) is 10.8. The van der Waals surface area contributed by atoms with E-state index in [-0.39, 0.29) is 17.2 Å². The molecule has 0 unspecified atom stereocenters. The molecule has 2 heterocycles. The van der Waals surface area contributed by atoms with Crippen LogP contribution in [0, 0.1) is 5.92 Å². The number of likely N-dealkylation sites (tertiary alicyclic amines) is 1. The lowest BCUT2D eigenvalue weighted by molar-refractivity contribution is -0.147. The van der Waals surface area contributed by atoms with Crippen molar-refractivity contribution in [2.75, 3.05) is 13.1 Å². The fourth-order valence-electron chi connectivity index (χ4n) is 4.05. The molecule has 0 radical (unpaired) electrons. The zero-order valence-corrected chi connectivity index (χ0v) is 17.9. The summed E-state index contributed by atoms with van der Waals surface area (Å²) in [6, 6.07) is 15.0. The van der Waals surface area contributed by atoms with Gasteiger partial charge in [0.1, 0.15) is 0 Å². The number of allylic oxidation sites excluding steroid dienone is 1. The molecular weight excluding hydrogens is 433 g/mol. The average molecular weight is 454 g/mol. The predicted molar refractivity (Wildman–Crippen MR) is 118 cm³/mol. The minimum atomic E-state index is -0.744. The molecule has 5 rings (SSSR count). The highest BCUT2D eigenvalue weighted by Gasteiger charge is 2.43. The van der Waals surface area contributed by atoms with E-state index in [4.69, 9.17) is 21.2 Å². The number of carboxylic acids is 1. The van der Waals surface area contributed by atoms with E-state index in [1.54, 1.807) is 6.08 Å². The van der Waals surface area contributed by atoms with Gasteiger partial charge in [-0.2, -0.15) is 4.98 Å². The summed E-state index contributed by atoms with van der Waals surface area (Å²) in [6.45, 7) is 1.81. The largest absolute Gasteiger partial charge is 0.481 e. The Kier molecular flexibility index (Phi) is 5.31. The molecule has 2 aliphatic rings. The van der Waals surface area contributed by atoms with Gasteiger partial charge in [0.2, 0.25) is 5.82 Å². The molecule has 2 fully saturated rings. The topological polar surface area (TPSA) is 79.5 Å². The highest BCUT2D eigenvalue weighted by atomic mass is 35.5. The Morgan fingerprint density at radius 2 is 1.88 bits per heavy atom. The first-order valence-electron chi connectivity index (χ1n) is 10.4. The zero-order chi connectivity index (χ0) is 22.3. The summed E-state index contributed by atoms with van der Waals surface area (Å²) < 4.78 is 20.1. The quantitative estimate of drug-likeness (QED) is 0.545. The Balaban J connectivity index is 1.26. The Hall–Kier alpha value is -3.03. The number of carbonyl (C=O) groups is 1. The van der Waals surface area contributed by atoms with Crippen molar-refractivity contribution in [2.45, 2.75) is 24.8 Å². The first kappa shape index (κ1) is 20.8. The molecule has 8 heteroatoms. The van der Waals surface area contributed by atoms with Gasteiger partial charge in [0.05, 0.1) is 5.92 Å². The smallest absolute Gasteiger partial charge is 0.309 e. The highest BCUT2D eigenvalue weighted by Crippen LogP contribution is 2.51. The lowest BCUT2D eigenvalue weighted by Gasteiger charge is -2.36. The van der Waals surface area contributed by atoms with Crippen LogP contribution in [0.25, 0.3) is 17.2 Å². The number of carboxylic acid groups (broad SMARTS) is 1. The number of benzene rings is 2. The summed E-state index contributed by atoms with van der Waals surface area (Å²) in [6.07, 6.45) is 3.28. The minimum Gasteiger partial charge on any atom is -0.481 e. The SMILES string of the molecule is O=C(O)C1CN(Cc2ccc(-c3noc(/C(F)=C\C4(c5ccc(Cl)cc5)CC4)n3)cc2)C1. The molecule has 2 aromatic carbocycles. The van der Waals surface area contributed by atoms with Gasteiger partial charge in [-0.1, -0.05) is 53.2 Å². The number of halogens is 2. The number of hydrogen-bond acceptors (Lipinski definition) is 5. The second-order valence-electron chi connectivity index (χ2n) is 8.50. The molecule has 0 amide bonds. The van der Waals surface area contributed by atoms with Crippen LogP contribution in [0.4, 0.5) is 4.39 Å². The maximum atomic E-state index is 14.9. The average Bonchev–Trinajstić information content (AvgIpc) is 3.35. The van der Waals surface area contributed by atoms with Gasteiger partial charge in [0.25, 0.3) is 5.89 Å². The molecule has 1 saturated heterocycles. The van der Waals surface area contributed by atoms with Crippen molar-refractivity contribution < 1.29 is 18.8 Å². The van der Waals surface area contributed by atoms with E-state index >= 15 is 0 Å². The molecule has 32 heavy (non-hydrogen) atoms. The molecule has 0 bridgehead atoms. The van der Waals surface area contributed by atoms with Gasteiger partial charge in [-0.3, -0.25) is 9.69 Å². The molecule has 3 aromatic rings. The Bertz CT molecular complexity index is 1160. The predicted octanol–water partition coefficient (Wildman–Crippen LogP) is 4.95. The fourth-order valence-corrected chi connectivity index (χ4v) is 4.17. The van der Waals surface area contributed by atoms with Gasteiger partial charge in [-0.15, -0.1) is 0 Å². The number of aromatic nitrogens is 2. The van der Waals surface area contributed by atoms with Crippen LogP contribution in [-0.4, -0.2) is 39.2 Å². The summed E-state index contributed by atoms with van der Waals surface area (Å²) in [4.78, 5) is 17.2. The number of aliphatic carboxylic acids is 1. The van der Waals surface area contributed by atoms with Crippen molar-refractivity contribution in [3.05, 3.63) is 76.6 Å². The van der Waals surface area contributed by atoms with Gasteiger partial charge in [0.15, 0.2) is 5.83 Å². The molecule has 1 saturated carbocycles. The summed E-state index contributed by atoms with van der Waals surface area (Å²) in [5, 5.41) is 13.5. The number of nitrogens with zero attached hydrogens (tertiary/aromatic N) is 3. The lowest BCUT2D eigenvalue weighted by Crippen LogP contribution is -2.49. The maximum Gasteiger partial charge on any atom is 0.309 e. The normalized spacial score (nSPS) is 18.4. The summed E-state index contributed by atoms with van der Waals surface area (Å²) >= 11 is 5.96. The maximum absolute atomic E-state index is 14.9. The summed E-state index contributed by atoms with van der Waals surface area (Å²) in [7, 11) is 0. The van der Waals surface area contributed by atoms with Crippen LogP contribution in [0.2, 0.25) is 5.02 Å². The zero-order valence-electron chi connectivity index (χ0n) is 17.2. The monoisotopic (exact) mass is 453 g/mol. The van der Waals surface area contributed by atoms with Gasteiger partial charge in [0, 0.05) is 35.6 Å². The van der Waals surface area contributed by atoms with E-state index in [1.165, 1.54) is 0 Å². The summed E-state index contributed by atoms with van der Waals surface area (Å²) in [5.41, 5.74) is 2.46. The van der Waals surface area contributed by atoms with Gasteiger partial charge >= 0.3 is 5.97 Å². The van der Waals surface area contributed by atoms with E-state index in [0.717, 1.165) is 29.5 Å². The van der Waals surface area contributed by atoms with E-state index in [0.29, 0.717) is 30.5 Å². The first-order chi connectivity index (χ1) is 15.4. The van der Waals surface area contributed by atoms with Crippen LogP contribution in [-0.2, 0) is 16.8 Å². The molecule has 1 aliphatic carbocycles. The van der Waals surface area contributed by atoms with Gasteiger partial charge in [-0.05, 0) is 42.2 Å². The molecule has 1 aliphatic heterocycles. The lowest BCUT2D eigenvalue weighted by atomic mass is 9.95. The van der Waals surface area contributed by atoms with E-state index < -0.39 is 11.8 Å². The number of hydrogen-bond donors (Lipinski definition) is 1. The Labute approximate surface area is 189 Å². The molecule has 0 spiro atoms. The van der Waals surface area contributed by atoms with Crippen molar-refractivity contribution >= 4 is 23.4 Å². The van der Waals surface area contributed by atoms with Crippen molar-refractivity contribution in [2.24, 2.45) is 5.92 Å². The van der Waals surface area contributed by atoms with Crippen LogP contribution < -0.4 is 0 Å². The molecule has 1 N–H and O–H groups in total. The third-order valence-corrected chi connectivity index (χ3v) is 6.42. The second kappa shape index (κ2) is 8.15. The molecule has 1 aromatic heterocycles. The third-order valence-electron chi connectivity index (χ3n) is 6.17. The van der Waals surface area contributed by atoms with E-state index in [1.807, 2.05) is 48.5 Å². The van der Waals surface area contributed by atoms with Gasteiger partial charge in [-0.25, -0.2) is 4.39 Å². The summed E-state index contributed by atoms with van der Waals surface area (Å²) in [5.74, 6) is -1.36. The van der Waals surface area contributed by atoms with Crippen molar-refractivity contribution in [1.82, 2.24) is 15.0 Å². The highest BCUT2D eigenvalue weighted by molar-refractivity contribution is 6.30. The fraction of sp³-hybridized carbons (Fsp3) is 0.292. The van der Waals surface area contributed by atoms with Crippen LogP contribution in [0.15, 0.2) is 59.1 Å². The number of rotatable bonds is 7. The van der Waals surface area contributed by atoms with E-state index in [2.05, 4.69) is 15.0 Å². The van der Waals surface area contributed by atoms with Crippen LogP contribution in [0.1, 0.15) is 29.9 Å². The van der Waals surface area contributed by atoms with Gasteiger partial charge < -0.3 is 9.63 Å². The van der Waals surface area contributed by atoms with Crippen LogP contribution in [0.3, 0.4) is 0 Å². The van der Waals surface area contributed by atoms with Crippen LogP contribution >= 0.6 is 11.6 Å². The van der Waals surface area contributed by atoms with Crippen molar-refractivity contribution in [3.63, 3.8) is 0 Å². The third kappa shape index (κ3) is 4.18. The van der Waals surface area contributed by atoms with Crippen molar-refractivity contribution in [3.8, 4) is 11.4 Å². The minimum absolute atomic E-state index is 0.135. The Morgan fingerprint density at radius 3 is 2.50 bits per heavy atom. The Morgan fingerprint density at radius 1 is 1.19 bits per heavy atom. The van der Waals surface area contributed by atoms with Crippen LogP contribution in [0.5, 0.6) is 0 Å². The second-order valence-corrected chi connectivity index (χ2v) is 8.94. The standard InChI is InChI=1S/C24H21ClFN3O3/c25-19-7-5-18(6-8-19)24(9-10-24)11-20(26)22-27-21(28-32-22)16-3-1-15(2-4-16)12-29-13-17(14-29)23(30)31/h1-8,11,17H,9-10,12-14H2,(H,30,31)/b20-11+. The molecular formula is C24H21ClFN3O3. The molecule has 164 valence electrons. The molecule has 0 atom stereocenters. The molecule has 6 nitrogen and oxygen atoms in total.